The highest BCUT2D eigenvalue weighted by molar-refractivity contribution is 7.89. The third kappa shape index (κ3) is 3.82. The first-order valence-corrected chi connectivity index (χ1v) is 6.79. The van der Waals surface area contributed by atoms with E-state index in [1.165, 1.54) is 12.1 Å². The predicted molar refractivity (Wildman–Crippen MR) is 64.6 cm³/mol. The van der Waals surface area contributed by atoms with Gasteiger partial charge in [-0.3, -0.25) is 0 Å². The minimum absolute atomic E-state index is 0.0234. The molecule has 0 radical (unpaired) electrons. The molecule has 5 nitrogen and oxygen atoms in total. The van der Waals surface area contributed by atoms with Crippen LogP contribution in [-0.2, 0) is 10.0 Å². The van der Waals surface area contributed by atoms with Crippen LogP contribution in [0.25, 0.3) is 0 Å². The van der Waals surface area contributed by atoms with Crippen LogP contribution in [0.5, 0.6) is 0 Å². The number of benzene rings is 1. The zero-order chi connectivity index (χ0) is 12.7. The highest BCUT2D eigenvalue weighted by Crippen LogP contribution is 2.13. The summed E-state index contributed by atoms with van der Waals surface area (Å²) in [6, 6.07) is 7.99. The molecule has 0 spiro atoms. The van der Waals surface area contributed by atoms with Crippen molar-refractivity contribution in [2.75, 3.05) is 13.1 Å². The van der Waals surface area contributed by atoms with Gasteiger partial charge in [0.25, 0.3) is 0 Å². The topological polar surface area (TPSA) is 96.0 Å². The average molecular weight is 253 g/mol. The summed E-state index contributed by atoms with van der Waals surface area (Å²) in [5, 5.41) is 8.83. The molecule has 0 aliphatic rings. The predicted octanol–water partition coefficient (Wildman–Crippen LogP) is 0.575. The molecule has 1 rings (SSSR count). The van der Waals surface area contributed by atoms with E-state index in [-0.39, 0.29) is 10.5 Å². The molecule has 0 heterocycles. The molecule has 0 aliphatic heterocycles. The van der Waals surface area contributed by atoms with Crippen molar-refractivity contribution in [1.29, 1.82) is 5.26 Å². The Morgan fingerprint density at radius 3 is 2.65 bits per heavy atom. The summed E-state index contributed by atoms with van der Waals surface area (Å²) in [7, 11) is -3.60. The maximum atomic E-state index is 11.9. The second-order valence-electron chi connectivity index (χ2n) is 3.50. The van der Waals surface area contributed by atoms with Gasteiger partial charge in [0.1, 0.15) is 6.07 Å². The first-order chi connectivity index (χ1) is 8.11. The third-order valence-electron chi connectivity index (χ3n) is 2.22. The maximum absolute atomic E-state index is 11.9. The zero-order valence-corrected chi connectivity index (χ0v) is 10.2. The molecule has 1 aromatic rings. The van der Waals surface area contributed by atoms with Crippen LogP contribution in [0.1, 0.15) is 18.4 Å². The van der Waals surface area contributed by atoms with Crippen molar-refractivity contribution in [1.82, 2.24) is 4.72 Å². The largest absolute Gasteiger partial charge is 0.330 e. The van der Waals surface area contributed by atoms with E-state index in [2.05, 4.69) is 4.72 Å². The molecule has 0 unspecified atom stereocenters. The fourth-order valence-corrected chi connectivity index (χ4v) is 2.58. The number of rotatable bonds is 6. The molecule has 0 fully saturated rings. The highest BCUT2D eigenvalue weighted by atomic mass is 32.2. The zero-order valence-electron chi connectivity index (χ0n) is 9.39. The smallest absolute Gasteiger partial charge is 0.241 e. The number of hydrogen-bond donors (Lipinski definition) is 2. The Morgan fingerprint density at radius 1 is 1.29 bits per heavy atom. The molecule has 0 saturated heterocycles. The van der Waals surface area contributed by atoms with Gasteiger partial charge in [0.05, 0.1) is 10.5 Å². The molecule has 0 amide bonds. The summed E-state index contributed by atoms with van der Waals surface area (Å²) in [5.41, 5.74) is 5.47. The van der Waals surface area contributed by atoms with E-state index in [1.54, 1.807) is 12.1 Å². The van der Waals surface area contributed by atoms with Crippen LogP contribution in [-0.4, -0.2) is 21.5 Å². The Labute approximate surface area is 101 Å². The molecule has 92 valence electrons. The standard InChI is InChI=1S/C11H15N3O2S/c12-7-3-4-8-14-17(15,16)11-6-2-1-5-10(11)9-13/h1-2,5-6,14H,3-4,7-8,12H2. The molecular formula is C11H15N3O2S. The normalized spacial score (nSPS) is 11.1. The Morgan fingerprint density at radius 2 is 2.00 bits per heavy atom. The van der Waals surface area contributed by atoms with Gasteiger partial charge >= 0.3 is 0 Å². The molecule has 3 N–H and O–H groups in total. The van der Waals surface area contributed by atoms with Gasteiger partial charge in [0.2, 0.25) is 10.0 Å². The fourth-order valence-electron chi connectivity index (χ4n) is 1.35. The van der Waals surface area contributed by atoms with Crippen molar-refractivity contribution in [3.63, 3.8) is 0 Å². The first-order valence-electron chi connectivity index (χ1n) is 5.30. The van der Waals surface area contributed by atoms with E-state index in [1.807, 2.05) is 6.07 Å². The Kier molecular flexibility index (Phi) is 5.10. The van der Waals surface area contributed by atoms with Gasteiger partial charge in [0, 0.05) is 6.54 Å². The van der Waals surface area contributed by atoms with Crippen LogP contribution in [0, 0.1) is 11.3 Å². The van der Waals surface area contributed by atoms with Gasteiger partial charge in [-0.2, -0.15) is 5.26 Å². The molecule has 17 heavy (non-hydrogen) atoms. The number of sulfonamides is 1. The fraction of sp³-hybridized carbons (Fsp3) is 0.364. The number of unbranched alkanes of at least 4 members (excludes halogenated alkanes) is 1. The lowest BCUT2D eigenvalue weighted by Gasteiger charge is -2.07. The van der Waals surface area contributed by atoms with E-state index in [4.69, 9.17) is 11.0 Å². The Balaban J connectivity index is 2.80. The number of nitriles is 1. The Hall–Kier alpha value is -1.42. The van der Waals surface area contributed by atoms with E-state index in [9.17, 15) is 8.42 Å². The maximum Gasteiger partial charge on any atom is 0.241 e. The van der Waals surface area contributed by atoms with Crippen LogP contribution >= 0.6 is 0 Å². The molecule has 1 aromatic carbocycles. The lowest BCUT2D eigenvalue weighted by molar-refractivity contribution is 0.577. The monoisotopic (exact) mass is 253 g/mol. The second-order valence-corrected chi connectivity index (χ2v) is 5.24. The van der Waals surface area contributed by atoms with Gasteiger partial charge in [-0.05, 0) is 31.5 Å². The van der Waals surface area contributed by atoms with E-state index in [0.29, 0.717) is 19.5 Å². The molecular weight excluding hydrogens is 238 g/mol. The first kappa shape index (κ1) is 13.6. The number of nitrogens with two attached hydrogens (primary N) is 1. The van der Waals surface area contributed by atoms with Gasteiger partial charge in [-0.15, -0.1) is 0 Å². The van der Waals surface area contributed by atoms with Gasteiger partial charge in [-0.25, -0.2) is 13.1 Å². The summed E-state index contributed by atoms with van der Waals surface area (Å²) >= 11 is 0. The minimum atomic E-state index is -3.60. The van der Waals surface area contributed by atoms with E-state index < -0.39 is 10.0 Å². The van der Waals surface area contributed by atoms with Crippen LogP contribution in [0.3, 0.4) is 0 Å². The van der Waals surface area contributed by atoms with Crippen LogP contribution in [0.4, 0.5) is 0 Å². The van der Waals surface area contributed by atoms with Crippen LogP contribution < -0.4 is 10.5 Å². The summed E-state index contributed by atoms with van der Waals surface area (Å²) < 4.78 is 26.2. The number of nitrogens with one attached hydrogen (secondary N) is 1. The summed E-state index contributed by atoms with van der Waals surface area (Å²) in [5.74, 6) is 0. The van der Waals surface area contributed by atoms with Crippen molar-refractivity contribution >= 4 is 10.0 Å². The van der Waals surface area contributed by atoms with E-state index in [0.717, 1.165) is 6.42 Å². The molecule has 0 aliphatic carbocycles. The van der Waals surface area contributed by atoms with Crippen LogP contribution in [0.2, 0.25) is 0 Å². The lowest BCUT2D eigenvalue weighted by atomic mass is 10.2. The summed E-state index contributed by atoms with van der Waals surface area (Å²) in [6.07, 6.45) is 1.45. The molecule has 0 aromatic heterocycles. The SMILES string of the molecule is N#Cc1ccccc1S(=O)(=O)NCCCCN. The summed E-state index contributed by atoms with van der Waals surface area (Å²) in [6.45, 7) is 0.871. The summed E-state index contributed by atoms with van der Waals surface area (Å²) in [4.78, 5) is 0.0234. The van der Waals surface area contributed by atoms with E-state index >= 15 is 0 Å². The highest BCUT2D eigenvalue weighted by Gasteiger charge is 2.16. The van der Waals surface area contributed by atoms with Crippen molar-refractivity contribution in [3.05, 3.63) is 29.8 Å². The Bertz CT molecular complexity index is 506. The van der Waals surface area contributed by atoms with Gasteiger partial charge in [-0.1, -0.05) is 12.1 Å². The molecule has 6 heteroatoms. The molecule has 0 atom stereocenters. The van der Waals surface area contributed by atoms with Crippen LogP contribution in [0.15, 0.2) is 29.2 Å². The lowest BCUT2D eigenvalue weighted by Crippen LogP contribution is -2.25. The quantitative estimate of drug-likeness (QED) is 0.725. The average Bonchev–Trinajstić information content (AvgIpc) is 2.34. The second kappa shape index (κ2) is 6.35. The van der Waals surface area contributed by atoms with Crippen molar-refractivity contribution in [2.45, 2.75) is 17.7 Å². The number of hydrogen-bond acceptors (Lipinski definition) is 4. The van der Waals surface area contributed by atoms with Gasteiger partial charge in [0.15, 0.2) is 0 Å². The van der Waals surface area contributed by atoms with Crippen molar-refractivity contribution in [2.24, 2.45) is 5.73 Å². The minimum Gasteiger partial charge on any atom is -0.330 e. The number of nitrogens with zero attached hydrogens (tertiary/aromatic N) is 1. The molecule has 0 bridgehead atoms. The third-order valence-corrected chi connectivity index (χ3v) is 3.74. The van der Waals surface area contributed by atoms with Crippen molar-refractivity contribution < 1.29 is 8.42 Å². The molecule has 0 saturated carbocycles. The van der Waals surface area contributed by atoms with Crippen molar-refractivity contribution in [3.8, 4) is 6.07 Å². The van der Waals surface area contributed by atoms with Gasteiger partial charge < -0.3 is 5.73 Å².